The molecule has 0 aromatic heterocycles. The maximum Gasteiger partial charge on any atom is 0.195 e. The van der Waals surface area contributed by atoms with Gasteiger partial charge in [0.05, 0.1) is 25.2 Å². The molecule has 166 valence electrons. The summed E-state index contributed by atoms with van der Waals surface area (Å²) in [4.78, 5) is 4.18. The van der Waals surface area contributed by atoms with Gasteiger partial charge in [0.1, 0.15) is 0 Å². The van der Waals surface area contributed by atoms with E-state index >= 15 is 0 Å². The van der Waals surface area contributed by atoms with Crippen LogP contribution in [0, 0.1) is 0 Å². The van der Waals surface area contributed by atoms with Crippen molar-refractivity contribution in [3.8, 4) is 11.5 Å². The van der Waals surface area contributed by atoms with Crippen LogP contribution in [-0.4, -0.2) is 47.4 Å². The summed E-state index contributed by atoms with van der Waals surface area (Å²) in [6, 6.07) is 14.7. The lowest BCUT2D eigenvalue weighted by Gasteiger charge is -2.14. The van der Waals surface area contributed by atoms with Crippen LogP contribution >= 0.6 is 24.0 Å². The fraction of sp³-hybridized carbons (Fsp3) is 0.381. The predicted molar refractivity (Wildman–Crippen MR) is 133 cm³/mol. The average Bonchev–Trinajstić information content (AvgIpc) is 2.71. The zero-order valence-corrected chi connectivity index (χ0v) is 20.7. The molecule has 0 radical (unpaired) electrons. The lowest BCUT2D eigenvalue weighted by Crippen LogP contribution is -2.32. The van der Waals surface area contributed by atoms with Gasteiger partial charge in [-0.25, -0.2) is 8.42 Å². The standard InChI is InChI=1S/C21H29N3O4S.HI/c1-4-28-20-15-18(11-12-19(20)27-3)24-21(22-2)23-13-8-14-29(25,26)16-17-9-6-5-7-10-17;/h5-7,9-12,15H,4,8,13-14,16H2,1-3H3,(H2,22,23,24);1H. The number of hydrogen-bond donors (Lipinski definition) is 2. The summed E-state index contributed by atoms with van der Waals surface area (Å²) in [5.74, 6) is 2.03. The van der Waals surface area contributed by atoms with Crippen molar-refractivity contribution in [3.05, 3.63) is 54.1 Å². The number of hydrogen-bond acceptors (Lipinski definition) is 5. The van der Waals surface area contributed by atoms with Crippen molar-refractivity contribution in [1.29, 1.82) is 0 Å². The van der Waals surface area contributed by atoms with Crippen molar-refractivity contribution in [2.75, 3.05) is 38.4 Å². The molecule has 0 heterocycles. The minimum absolute atomic E-state index is 0. The van der Waals surface area contributed by atoms with Gasteiger partial charge in [-0.15, -0.1) is 24.0 Å². The SMILES string of the molecule is CCOc1cc(NC(=NC)NCCCS(=O)(=O)Cc2ccccc2)ccc1OC.I. The lowest BCUT2D eigenvalue weighted by molar-refractivity contribution is 0.311. The molecule has 2 aromatic carbocycles. The quantitative estimate of drug-likeness (QED) is 0.204. The lowest BCUT2D eigenvalue weighted by atomic mass is 10.2. The number of halogens is 1. The summed E-state index contributed by atoms with van der Waals surface area (Å²) >= 11 is 0. The van der Waals surface area contributed by atoms with Gasteiger partial charge in [-0.2, -0.15) is 0 Å². The summed E-state index contributed by atoms with van der Waals surface area (Å²) in [6.45, 7) is 2.93. The number of benzene rings is 2. The smallest absolute Gasteiger partial charge is 0.195 e. The first kappa shape index (κ1) is 26.0. The molecule has 2 rings (SSSR count). The molecule has 0 aliphatic heterocycles. The van der Waals surface area contributed by atoms with Crippen LogP contribution in [-0.2, 0) is 15.6 Å². The highest BCUT2D eigenvalue weighted by Gasteiger charge is 2.12. The van der Waals surface area contributed by atoms with Crippen molar-refractivity contribution < 1.29 is 17.9 Å². The third-order valence-corrected chi connectivity index (χ3v) is 5.79. The first-order valence-electron chi connectivity index (χ1n) is 9.50. The number of sulfone groups is 1. The number of aliphatic imine (C=N–C) groups is 1. The van der Waals surface area contributed by atoms with E-state index in [1.54, 1.807) is 14.2 Å². The average molecular weight is 547 g/mol. The van der Waals surface area contributed by atoms with Crippen molar-refractivity contribution in [1.82, 2.24) is 5.32 Å². The molecule has 0 saturated carbocycles. The van der Waals surface area contributed by atoms with Gasteiger partial charge >= 0.3 is 0 Å². The fourth-order valence-corrected chi connectivity index (χ4v) is 4.17. The number of nitrogens with zero attached hydrogens (tertiary/aromatic N) is 1. The first-order valence-corrected chi connectivity index (χ1v) is 11.3. The zero-order valence-electron chi connectivity index (χ0n) is 17.6. The van der Waals surface area contributed by atoms with E-state index in [0.717, 1.165) is 11.3 Å². The summed E-state index contributed by atoms with van der Waals surface area (Å²) in [5.41, 5.74) is 1.60. The molecule has 0 bridgehead atoms. The summed E-state index contributed by atoms with van der Waals surface area (Å²) in [7, 11) is 0.107. The predicted octanol–water partition coefficient (Wildman–Crippen LogP) is 3.70. The van der Waals surface area contributed by atoms with E-state index in [4.69, 9.17) is 9.47 Å². The summed E-state index contributed by atoms with van der Waals surface area (Å²) in [5, 5.41) is 6.31. The Morgan fingerprint density at radius 1 is 1.10 bits per heavy atom. The second kappa shape index (κ2) is 13.3. The van der Waals surface area contributed by atoms with Crippen molar-refractivity contribution in [3.63, 3.8) is 0 Å². The van der Waals surface area contributed by atoms with Crippen LogP contribution in [0.3, 0.4) is 0 Å². The third-order valence-electron chi connectivity index (χ3n) is 4.10. The number of guanidine groups is 1. The highest BCUT2D eigenvalue weighted by atomic mass is 127. The van der Waals surface area contributed by atoms with Crippen LogP contribution in [0.5, 0.6) is 11.5 Å². The Bertz CT molecular complexity index is 906. The van der Waals surface area contributed by atoms with E-state index < -0.39 is 9.84 Å². The minimum Gasteiger partial charge on any atom is -0.493 e. The maximum absolute atomic E-state index is 12.3. The van der Waals surface area contributed by atoms with Crippen molar-refractivity contribution >= 4 is 45.5 Å². The highest BCUT2D eigenvalue weighted by molar-refractivity contribution is 14.0. The summed E-state index contributed by atoms with van der Waals surface area (Å²) < 4.78 is 35.4. The molecular formula is C21H30IN3O4S. The van der Waals surface area contributed by atoms with Gasteiger partial charge in [0.25, 0.3) is 0 Å². The van der Waals surface area contributed by atoms with E-state index in [9.17, 15) is 8.42 Å². The van der Waals surface area contributed by atoms with Crippen LogP contribution in [0.4, 0.5) is 5.69 Å². The first-order chi connectivity index (χ1) is 14.0. The second-order valence-corrected chi connectivity index (χ2v) is 8.54. The van der Waals surface area contributed by atoms with E-state index in [1.165, 1.54) is 0 Å². The summed E-state index contributed by atoms with van der Waals surface area (Å²) in [6.07, 6.45) is 0.489. The van der Waals surface area contributed by atoms with Gasteiger partial charge < -0.3 is 20.1 Å². The molecule has 0 fully saturated rings. The van der Waals surface area contributed by atoms with Crippen LogP contribution in [0.15, 0.2) is 53.5 Å². The van der Waals surface area contributed by atoms with Crippen LogP contribution in [0.2, 0.25) is 0 Å². The van der Waals surface area contributed by atoms with Crippen molar-refractivity contribution in [2.24, 2.45) is 4.99 Å². The molecule has 0 spiro atoms. The number of nitrogens with one attached hydrogen (secondary N) is 2. The minimum atomic E-state index is -3.15. The Kier molecular flexibility index (Phi) is 11.6. The maximum atomic E-state index is 12.3. The van der Waals surface area contributed by atoms with E-state index in [2.05, 4.69) is 15.6 Å². The second-order valence-electron chi connectivity index (χ2n) is 6.35. The molecule has 9 heteroatoms. The molecule has 0 amide bonds. The molecule has 0 saturated heterocycles. The Morgan fingerprint density at radius 3 is 2.47 bits per heavy atom. The van der Waals surface area contributed by atoms with Gasteiger partial charge in [0.15, 0.2) is 27.3 Å². The largest absolute Gasteiger partial charge is 0.493 e. The molecule has 0 aliphatic rings. The van der Waals surface area contributed by atoms with Gasteiger partial charge in [-0.05, 0) is 31.0 Å². The molecule has 2 aromatic rings. The molecule has 0 unspecified atom stereocenters. The van der Waals surface area contributed by atoms with Gasteiger partial charge in [-0.1, -0.05) is 30.3 Å². The number of ether oxygens (including phenoxy) is 2. The molecule has 30 heavy (non-hydrogen) atoms. The molecule has 7 nitrogen and oxygen atoms in total. The zero-order chi connectivity index (χ0) is 21.1. The number of rotatable bonds is 10. The highest BCUT2D eigenvalue weighted by Crippen LogP contribution is 2.30. The molecule has 0 aliphatic carbocycles. The monoisotopic (exact) mass is 547 g/mol. The van der Waals surface area contributed by atoms with E-state index in [1.807, 2.05) is 55.5 Å². The topological polar surface area (TPSA) is 89.0 Å². The Balaban J connectivity index is 0.00000450. The molecule has 2 N–H and O–H groups in total. The normalized spacial score (nSPS) is 11.4. The van der Waals surface area contributed by atoms with Gasteiger partial charge in [0.2, 0.25) is 0 Å². The number of anilines is 1. The Labute approximate surface area is 196 Å². The number of methoxy groups -OCH3 is 1. The van der Waals surface area contributed by atoms with Gasteiger partial charge in [0, 0.05) is 25.3 Å². The Hall–Kier alpha value is -2.01. The fourth-order valence-electron chi connectivity index (χ4n) is 2.74. The van der Waals surface area contributed by atoms with Crippen LogP contribution in [0.1, 0.15) is 18.9 Å². The van der Waals surface area contributed by atoms with Crippen molar-refractivity contribution in [2.45, 2.75) is 19.1 Å². The van der Waals surface area contributed by atoms with Crippen LogP contribution < -0.4 is 20.1 Å². The van der Waals surface area contributed by atoms with E-state index in [-0.39, 0.29) is 35.5 Å². The Morgan fingerprint density at radius 2 is 1.83 bits per heavy atom. The van der Waals surface area contributed by atoms with Gasteiger partial charge in [-0.3, -0.25) is 4.99 Å². The molecular weight excluding hydrogens is 517 g/mol. The van der Waals surface area contributed by atoms with Crippen LogP contribution in [0.25, 0.3) is 0 Å². The van der Waals surface area contributed by atoms with E-state index in [0.29, 0.717) is 37.0 Å². The molecule has 0 atom stereocenters. The third kappa shape index (κ3) is 8.78.